The minimum atomic E-state index is -1.29. The van der Waals surface area contributed by atoms with Gasteiger partial charge in [-0.05, 0) is 36.2 Å². The Labute approximate surface area is 147 Å². The van der Waals surface area contributed by atoms with Crippen molar-refractivity contribution in [1.82, 2.24) is 5.32 Å². The summed E-state index contributed by atoms with van der Waals surface area (Å²) in [5, 5.41) is 2.52. The Hall–Kier alpha value is -2.54. The van der Waals surface area contributed by atoms with Crippen LogP contribution in [-0.2, 0) is 26.8 Å². The molecule has 0 aromatic heterocycles. The number of halogens is 1. The third-order valence-corrected chi connectivity index (χ3v) is 4.93. The van der Waals surface area contributed by atoms with E-state index in [1.807, 2.05) is 6.07 Å². The molecule has 0 saturated heterocycles. The van der Waals surface area contributed by atoms with Crippen LogP contribution in [0.15, 0.2) is 59.5 Å². The minimum Gasteiger partial charge on any atom is -0.368 e. The first kappa shape index (κ1) is 18.8. The lowest BCUT2D eigenvalue weighted by Crippen LogP contribution is -2.45. The molecule has 0 aliphatic rings. The Bertz CT molecular complexity index is 768. The summed E-state index contributed by atoms with van der Waals surface area (Å²) in [7, 11) is -1.29. The molecule has 25 heavy (non-hydrogen) atoms. The van der Waals surface area contributed by atoms with Gasteiger partial charge in [0.15, 0.2) is 0 Å². The minimum absolute atomic E-state index is 0.0662. The van der Waals surface area contributed by atoms with E-state index in [9.17, 15) is 18.2 Å². The van der Waals surface area contributed by atoms with Crippen LogP contribution in [0.2, 0.25) is 0 Å². The Kier molecular flexibility index (Phi) is 6.82. The first-order valence-electron chi connectivity index (χ1n) is 7.72. The van der Waals surface area contributed by atoms with Crippen LogP contribution in [-0.4, -0.2) is 27.8 Å². The van der Waals surface area contributed by atoms with E-state index in [0.29, 0.717) is 10.5 Å². The number of nitrogens with one attached hydrogen (secondary N) is 1. The van der Waals surface area contributed by atoms with Gasteiger partial charge in [0.25, 0.3) is 0 Å². The second-order valence-corrected chi connectivity index (χ2v) is 7.05. The Balaban J connectivity index is 1.91. The number of hydrogen-bond acceptors (Lipinski definition) is 3. The predicted molar refractivity (Wildman–Crippen MR) is 93.6 cm³/mol. The summed E-state index contributed by atoms with van der Waals surface area (Å²) in [6.45, 7) is 0. The van der Waals surface area contributed by atoms with Crippen LogP contribution >= 0.6 is 0 Å². The van der Waals surface area contributed by atoms with Gasteiger partial charge in [0.1, 0.15) is 11.9 Å². The number of benzene rings is 2. The van der Waals surface area contributed by atoms with Crippen LogP contribution in [0.25, 0.3) is 0 Å². The van der Waals surface area contributed by atoms with Gasteiger partial charge >= 0.3 is 0 Å². The predicted octanol–water partition coefficient (Wildman–Crippen LogP) is 1.54. The molecule has 2 aromatic carbocycles. The third-order valence-electron chi connectivity index (χ3n) is 3.53. The van der Waals surface area contributed by atoms with Crippen LogP contribution < -0.4 is 11.1 Å². The van der Waals surface area contributed by atoms with Crippen molar-refractivity contribution >= 4 is 22.6 Å². The van der Waals surface area contributed by atoms with Crippen LogP contribution in [0.1, 0.15) is 12.0 Å². The van der Waals surface area contributed by atoms with E-state index in [0.717, 1.165) is 0 Å². The van der Waals surface area contributed by atoms with Crippen LogP contribution in [0, 0.1) is 5.82 Å². The summed E-state index contributed by atoms with van der Waals surface area (Å²) >= 11 is 0. The molecule has 0 aliphatic heterocycles. The lowest BCUT2D eigenvalue weighted by molar-refractivity contribution is -0.127. The van der Waals surface area contributed by atoms with Crippen molar-refractivity contribution in [3.05, 3.63) is 66.0 Å². The van der Waals surface area contributed by atoms with E-state index < -0.39 is 34.5 Å². The number of primary amides is 1. The topological polar surface area (TPSA) is 89.3 Å². The quantitative estimate of drug-likeness (QED) is 0.746. The molecule has 0 saturated carbocycles. The maximum atomic E-state index is 13.1. The fourth-order valence-electron chi connectivity index (χ4n) is 2.28. The third kappa shape index (κ3) is 6.11. The standard InChI is InChI=1S/C18H19FN2O3S/c19-14-6-4-5-13(11-14)12-17(22)21-16(18(20)23)9-10-25(24)15-7-2-1-3-8-15/h1-8,11,16H,9-10,12H2,(H2,20,23)(H,21,22)/t16-,25-/m1/s1. The number of carbonyl (C=O) groups excluding carboxylic acids is 2. The monoisotopic (exact) mass is 362 g/mol. The van der Waals surface area contributed by atoms with Crippen molar-refractivity contribution < 1.29 is 18.2 Å². The van der Waals surface area contributed by atoms with E-state index in [1.165, 1.54) is 18.2 Å². The zero-order valence-electron chi connectivity index (χ0n) is 13.5. The first-order valence-corrected chi connectivity index (χ1v) is 9.04. The molecule has 0 spiro atoms. The zero-order chi connectivity index (χ0) is 18.2. The highest BCUT2D eigenvalue weighted by molar-refractivity contribution is 7.85. The highest BCUT2D eigenvalue weighted by Gasteiger charge is 2.19. The van der Waals surface area contributed by atoms with Crippen LogP contribution in [0.3, 0.4) is 0 Å². The fourth-order valence-corrected chi connectivity index (χ4v) is 3.42. The van der Waals surface area contributed by atoms with E-state index in [1.54, 1.807) is 30.3 Å². The van der Waals surface area contributed by atoms with Gasteiger partial charge in [-0.1, -0.05) is 30.3 Å². The van der Waals surface area contributed by atoms with E-state index in [-0.39, 0.29) is 18.6 Å². The highest BCUT2D eigenvalue weighted by atomic mass is 32.2. The second kappa shape index (κ2) is 9.08. The molecular formula is C18H19FN2O3S. The molecule has 0 radical (unpaired) electrons. The van der Waals surface area contributed by atoms with Gasteiger partial charge in [-0.3, -0.25) is 13.8 Å². The number of nitrogens with two attached hydrogens (primary N) is 1. The summed E-state index contributed by atoms with van der Waals surface area (Å²) in [5.74, 6) is -1.38. The average Bonchev–Trinajstić information content (AvgIpc) is 2.58. The van der Waals surface area contributed by atoms with Crippen molar-refractivity contribution in [2.24, 2.45) is 5.73 Å². The zero-order valence-corrected chi connectivity index (χ0v) is 14.3. The molecule has 2 amide bonds. The molecule has 0 unspecified atom stereocenters. The van der Waals surface area contributed by atoms with Crippen molar-refractivity contribution in [3.8, 4) is 0 Å². The van der Waals surface area contributed by atoms with E-state index in [2.05, 4.69) is 5.32 Å². The number of amides is 2. The maximum absolute atomic E-state index is 13.1. The summed E-state index contributed by atoms with van der Waals surface area (Å²) < 4.78 is 25.3. The molecule has 0 fully saturated rings. The maximum Gasteiger partial charge on any atom is 0.240 e. The van der Waals surface area contributed by atoms with Gasteiger partial charge in [0.2, 0.25) is 11.8 Å². The summed E-state index contributed by atoms with van der Waals surface area (Å²) in [6.07, 6.45) is 0.0923. The van der Waals surface area contributed by atoms with Gasteiger partial charge in [-0.25, -0.2) is 4.39 Å². The van der Waals surface area contributed by atoms with Crippen molar-refractivity contribution in [3.63, 3.8) is 0 Å². The molecule has 2 aromatic rings. The molecule has 7 heteroatoms. The molecule has 0 heterocycles. The molecule has 3 N–H and O–H groups in total. The number of carbonyl (C=O) groups is 2. The second-order valence-electron chi connectivity index (χ2n) is 5.48. The smallest absolute Gasteiger partial charge is 0.240 e. The lowest BCUT2D eigenvalue weighted by Gasteiger charge is -2.15. The molecule has 2 rings (SSSR count). The first-order chi connectivity index (χ1) is 12.0. The molecule has 132 valence electrons. The fraction of sp³-hybridized carbons (Fsp3) is 0.222. The Morgan fingerprint density at radius 3 is 2.48 bits per heavy atom. The number of hydrogen-bond donors (Lipinski definition) is 2. The largest absolute Gasteiger partial charge is 0.368 e. The summed E-state index contributed by atoms with van der Waals surface area (Å²) in [4.78, 5) is 24.2. The average molecular weight is 362 g/mol. The van der Waals surface area contributed by atoms with E-state index in [4.69, 9.17) is 5.73 Å². The van der Waals surface area contributed by atoms with Gasteiger partial charge < -0.3 is 11.1 Å². The molecular weight excluding hydrogens is 343 g/mol. The summed E-state index contributed by atoms with van der Waals surface area (Å²) in [6, 6.07) is 13.6. The van der Waals surface area contributed by atoms with Gasteiger partial charge in [-0.15, -0.1) is 0 Å². The lowest BCUT2D eigenvalue weighted by atomic mass is 10.1. The molecule has 0 bridgehead atoms. The van der Waals surface area contributed by atoms with Crippen LogP contribution in [0.4, 0.5) is 4.39 Å². The normalized spacial score (nSPS) is 13.0. The SMILES string of the molecule is NC(=O)[C@@H](CC[S@@](=O)c1ccccc1)NC(=O)Cc1cccc(F)c1. The van der Waals surface area contributed by atoms with E-state index >= 15 is 0 Å². The molecule has 0 aliphatic carbocycles. The van der Waals surface area contributed by atoms with Crippen LogP contribution in [0.5, 0.6) is 0 Å². The van der Waals surface area contributed by atoms with Crippen molar-refractivity contribution in [2.45, 2.75) is 23.8 Å². The van der Waals surface area contributed by atoms with Gasteiger partial charge in [0.05, 0.1) is 17.2 Å². The molecule has 2 atom stereocenters. The summed E-state index contributed by atoms with van der Waals surface area (Å²) in [5.41, 5.74) is 5.81. The Morgan fingerprint density at radius 2 is 1.84 bits per heavy atom. The number of rotatable bonds is 8. The highest BCUT2D eigenvalue weighted by Crippen LogP contribution is 2.08. The molecule has 5 nitrogen and oxygen atoms in total. The Morgan fingerprint density at radius 1 is 1.12 bits per heavy atom. The van der Waals surface area contributed by atoms with Crippen molar-refractivity contribution in [1.29, 1.82) is 0 Å². The van der Waals surface area contributed by atoms with Crippen molar-refractivity contribution in [2.75, 3.05) is 5.75 Å². The van der Waals surface area contributed by atoms with Gasteiger partial charge in [0, 0.05) is 10.6 Å². The van der Waals surface area contributed by atoms with Gasteiger partial charge in [-0.2, -0.15) is 0 Å².